The summed E-state index contributed by atoms with van der Waals surface area (Å²) in [5.74, 6) is -0.209. The van der Waals surface area contributed by atoms with Crippen LogP contribution < -0.4 is 10.2 Å². The number of nitrogens with zero attached hydrogens (tertiary/aromatic N) is 1. The molecule has 0 aromatic heterocycles. The normalized spacial score (nSPS) is 12.4. The van der Waals surface area contributed by atoms with Crippen LogP contribution in [0.5, 0.6) is 0 Å². The first-order valence-corrected chi connectivity index (χ1v) is 7.06. The molecule has 0 aliphatic carbocycles. The van der Waals surface area contributed by atoms with Crippen molar-refractivity contribution in [1.82, 2.24) is 5.32 Å². The fraction of sp³-hybridized carbons (Fsp3) is 0.600. The molecule has 0 fully saturated rings. The number of anilines is 1. The van der Waals surface area contributed by atoms with Crippen LogP contribution in [0.2, 0.25) is 0 Å². The van der Waals surface area contributed by atoms with Crippen molar-refractivity contribution in [3.63, 3.8) is 0 Å². The molecule has 1 atom stereocenters. The smallest absolute Gasteiger partial charge is 0.125 e. The maximum absolute atomic E-state index is 13.2. The van der Waals surface area contributed by atoms with Crippen molar-refractivity contribution < 1.29 is 9.50 Å². The van der Waals surface area contributed by atoms with E-state index in [1.165, 1.54) is 6.07 Å². The average Bonchev–Trinajstić information content (AvgIpc) is 2.43. The number of nitrogens with one attached hydrogen (secondary N) is 1. The van der Waals surface area contributed by atoms with Crippen LogP contribution in [-0.4, -0.2) is 37.4 Å². The summed E-state index contributed by atoms with van der Waals surface area (Å²) in [6, 6.07) is 6.77. The molecule has 3 nitrogen and oxygen atoms in total. The zero-order valence-corrected chi connectivity index (χ0v) is 11.9. The second-order valence-electron chi connectivity index (χ2n) is 4.68. The molecule has 0 amide bonds. The van der Waals surface area contributed by atoms with Gasteiger partial charge in [-0.3, -0.25) is 0 Å². The number of hydrogen-bond acceptors (Lipinski definition) is 3. The van der Waals surface area contributed by atoms with E-state index in [1.54, 1.807) is 12.1 Å². The van der Waals surface area contributed by atoms with Crippen molar-refractivity contribution in [2.24, 2.45) is 0 Å². The topological polar surface area (TPSA) is 35.5 Å². The van der Waals surface area contributed by atoms with E-state index in [4.69, 9.17) is 0 Å². The van der Waals surface area contributed by atoms with Gasteiger partial charge >= 0.3 is 0 Å². The molecule has 1 unspecified atom stereocenters. The molecule has 0 bridgehead atoms. The molecule has 0 radical (unpaired) electrons. The molecule has 4 heteroatoms. The summed E-state index contributed by atoms with van der Waals surface area (Å²) in [5, 5.41) is 12.6. The molecular weight excluding hydrogens is 243 g/mol. The lowest BCUT2D eigenvalue weighted by atomic mass is 10.2. The molecule has 0 aliphatic rings. The number of rotatable bonds is 9. The van der Waals surface area contributed by atoms with Gasteiger partial charge in [0, 0.05) is 24.8 Å². The Bertz CT molecular complexity index is 360. The third kappa shape index (κ3) is 5.57. The van der Waals surface area contributed by atoms with Gasteiger partial charge in [-0.25, -0.2) is 4.39 Å². The van der Waals surface area contributed by atoms with Crippen molar-refractivity contribution in [3.8, 4) is 0 Å². The monoisotopic (exact) mass is 268 g/mol. The van der Waals surface area contributed by atoms with Gasteiger partial charge in [-0.05, 0) is 44.5 Å². The Hall–Kier alpha value is -1.13. The van der Waals surface area contributed by atoms with Crippen molar-refractivity contribution in [2.75, 3.05) is 31.1 Å². The molecule has 0 spiro atoms. The van der Waals surface area contributed by atoms with Gasteiger partial charge in [-0.1, -0.05) is 13.0 Å². The molecule has 0 saturated heterocycles. The molecule has 19 heavy (non-hydrogen) atoms. The van der Waals surface area contributed by atoms with E-state index in [0.29, 0.717) is 0 Å². The number of benzene rings is 1. The van der Waals surface area contributed by atoms with E-state index >= 15 is 0 Å². The van der Waals surface area contributed by atoms with Crippen LogP contribution in [0.15, 0.2) is 24.3 Å². The molecule has 1 aromatic carbocycles. The van der Waals surface area contributed by atoms with Gasteiger partial charge in [-0.15, -0.1) is 0 Å². The van der Waals surface area contributed by atoms with Gasteiger partial charge < -0.3 is 15.3 Å². The molecule has 1 rings (SSSR count). The van der Waals surface area contributed by atoms with Crippen LogP contribution in [0.3, 0.4) is 0 Å². The molecule has 0 saturated carbocycles. The van der Waals surface area contributed by atoms with Crippen LogP contribution in [0.1, 0.15) is 26.7 Å². The molecule has 2 N–H and O–H groups in total. The first kappa shape index (κ1) is 15.9. The third-order valence-electron chi connectivity index (χ3n) is 3.21. The summed E-state index contributed by atoms with van der Waals surface area (Å²) < 4.78 is 13.2. The van der Waals surface area contributed by atoms with E-state index in [9.17, 15) is 9.50 Å². The van der Waals surface area contributed by atoms with Crippen molar-refractivity contribution >= 4 is 5.69 Å². The molecular formula is C15H25FN2O. The van der Waals surface area contributed by atoms with Gasteiger partial charge in [0.05, 0.1) is 6.61 Å². The number of aliphatic hydroxyl groups excluding tert-OH is 1. The Kier molecular flexibility index (Phi) is 7.45. The summed E-state index contributed by atoms with van der Waals surface area (Å²) in [6.45, 7) is 6.85. The Balaban J connectivity index is 2.52. The Morgan fingerprint density at radius 1 is 1.37 bits per heavy atom. The quantitative estimate of drug-likeness (QED) is 0.722. The van der Waals surface area contributed by atoms with E-state index in [2.05, 4.69) is 24.1 Å². The standard InChI is InChI=1S/C15H25FN2O/c1-3-9-17-14(12-19)8-10-18(4-2)15-7-5-6-13(16)11-15/h5-7,11,14,17,19H,3-4,8-10,12H2,1-2H3. The zero-order chi connectivity index (χ0) is 14.1. The van der Waals surface area contributed by atoms with Crippen LogP contribution >= 0.6 is 0 Å². The highest BCUT2D eigenvalue weighted by Crippen LogP contribution is 2.15. The fourth-order valence-electron chi connectivity index (χ4n) is 2.06. The minimum absolute atomic E-state index is 0.113. The van der Waals surface area contributed by atoms with Gasteiger partial charge in [0.1, 0.15) is 5.82 Å². The third-order valence-corrected chi connectivity index (χ3v) is 3.21. The first-order valence-electron chi connectivity index (χ1n) is 7.06. The minimum atomic E-state index is -0.209. The lowest BCUT2D eigenvalue weighted by Gasteiger charge is -2.25. The Morgan fingerprint density at radius 3 is 2.74 bits per heavy atom. The fourth-order valence-corrected chi connectivity index (χ4v) is 2.06. The SMILES string of the molecule is CCCNC(CO)CCN(CC)c1cccc(F)c1. The maximum atomic E-state index is 13.2. The highest BCUT2D eigenvalue weighted by Gasteiger charge is 2.10. The van der Waals surface area contributed by atoms with Gasteiger partial charge in [0.25, 0.3) is 0 Å². The van der Waals surface area contributed by atoms with Crippen LogP contribution in [0.4, 0.5) is 10.1 Å². The van der Waals surface area contributed by atoms with Gasteiger partial charge in [-0.2, -0.15) is 0 Å². The van der Waals surface area contributed by atoms with Crippen LogP contribution in [0.25, 0.3) is 0 Å². The highest BCUT2D eigenvalue weighted by molar-refractivity contribution is 5.46. The molecule has 0 heterocycles. The zero-order valence-electron chi connectivity index (χ0n) is 11.9. The second-order valence-corrected chi connectivity index (χ2v) is 4.68. The predicted octanol–water partition coefficient (Wildman–Crippen LogP) is 2.40. The second kappa shape index (κ2) is 8.88. The van der Waals surface area contributed by atoms with E-state index in [0.717, 1.165) is 38.2 Å². The number of hydrogen-bond donors (Lipinski definition) is 2. The van der Waals surface area contributed by atoms with Crippen molar-refractivity contribution in [3.05, 3.63) is 30.1 Å². The predicted molar refractivity (Wildman–Crippen MR) is 78.1 cm³/mol. The van der Waals surface area contributed by atoms with E-state index in [-0.39, 0.29) is 18.5 Å². The lowest BCUT2D eigenvalue weighted by Crippen LogP contribution is -2.37. The molecule has 0 aliphatic heterocycles. The summed E-state index contributed by atoms with van der Waals surface area (Å²) in [7, 11) is 0. The summed E-state index contributed by atoms with van der Waals surface area (Å²) in [5.41, 5.74) is 0.898. The van der Waals surface area contributed by atoms with Crippen LogP contribution in [-0.2, 0) is 0 Å². The van der Waals surface area contributed by atoms with Crippen molar-refractivity contribution in [1.29, 1.82) is 0 Å². The average molecular weight is 268 g/mol. The Morgan fingerprint density at radius 2 is 2.16 bits per heavy atom. The first-order chi connectivity index (χ1) is 9.21. The molecule has 1 aromatic rings. The van der Waals surface area contributed by atoms with E-state index in [1.807, 2.05) is 6.07 Å². The highest BCUT2D eigenvalue weighted by atomic mass is 19.1. The largest absolute Gasteiger partial charge is 0.395 e. The number of halogens is 1. The van der Waals surface area contributed by atoms with Crippen LogP contribution in [0, 0.1) is 5.82 Å². The van der Waals surface area contributed by atoms with Gasteiger partial charge in [0.15, 0.2) is 0 Å². The maximum Gasteiger partial charge on any atom is 0.125 e. The lowest BCUT2D eigenvalue weighted by molar-refractivity contribution is 0.237. The summed E-state index contributed by atoms with van der Waals surface area (Å²) in [6.07, 6.45) is 1.90. The Labute approximate surface area is 115 Å². The molecule has 108 valence electrons. The van der Waals surface area contributed by atoms with E-state index < -0.39 is 0 Å². The van der Waals surface area contributed by atoms with Crippen molar-refractivity contribution in [2.45, 2.75) is 32.7 Å². The minimum Gasteiger partial charge on any atom is -0.395 e. The number of aliphatic hydroxyl groups is 1. The van der Waals surface area contributed by atoms with Gasteiger partial charge in [0.2, 0.25) is 0 Å². The summed E-state index contributed by atoms with van der Waals surface area (Å²) in [4.78, 5) is 2.12. The summed E-state index contributed by atoms with van der Waals surface area (Å²) >= 11 is 0.